The van der Waals surface area contributed by atoms with E-state index in [0.717, 1.165) is 13.6 Å². The summed E-state index contributed by atoms with van der Waals surface area (Å²) >= 11 is 5.42. The summed E-state index contributed by atoms with van der Waals surface area (Å²) in [6.45, 7) is 0. The fourth-order valence-corrected chi connectivity index (χ4v) is 2.99. The van der Waals surface area contributed by atoms with Crippen LogP contribution in [0.2, 0.25) is 0 Å². The maximum absolute atomic E-state index is 12.0. The van der Waals surface area contributed by atoms with Crippen LogP contribution in [-0.4, -0.2) is 14.6 Å². The minimum atomic E-state index is -3.63. The molecule has 0 aliphatic heterocycles. The molecule has 0 saturated carbocycles. The maximum Gasteiger partial charge on any atom is 0.276 e. The molecule has 0 amide bonds. The van der Waals surface area contributed by atoms with Crippen molar-refractivity contribution in [2.45, 2.75) is 4.90 Å². The molecule has 0 bridgehead atoms. The number of hydrogen-bond acceptors (Lipinski definition) is 3. The van der Waals surface area contributed by atoms with Crippen molar-refractivity contribution in [1.82, 2.24) is 4.83 Å². The van der Waals surface area contributed by atoms with E-state index in [0.29, 0.717) is 0 Å². The molecular formula is C13H10BrIN2O2S. The highest BCUT2D eigenvalue weighted by Gasteiger charge is 2.11. The van der Waals surface area contributed by atoms with E-state index in [-0.39, 0.29) is 4.90 Å². The van der Waals surface area contributed by atoms with Crippen molar-refractivity contribution in [3.8, 4) is 0 Å². The van der Waals surface area contributed by atoms with Gasteiger partial charge in [-0.25, -0.2) is 4.83 Å². The third-order valence-electron chi connectivity index (χ3n) is 2.41. The highest BCUT2D eigenvalue weighted by Crippen LogP contribution is 2.14. The van der Waals surface area contributed by atoms with Gasteiger partial charge >= 0.3 is 0 Å². The molecule has 2 rings (SSSR count). The minimum absolute atomic E-state index is 0.167. The Labute approximate surface area is 139 Å². The van der Waals surface area contributed by atoms with Crippen molar-refractivity contribution >= 4 is 54.8 Å². The fourth-order valence-electron chi connectivity index (χ4n) is 1.41. The van der Waals surface area contributed by atoms with E-state index in [1.807, 2.05) is 24.3 Å². The molecule has 0 fully saturated rings. The van der Waals surface area contributed by atoms with Crippen LogP contribution in [0.15, 0.2) is 63.0 Å². The number of hydrogen-bond donors (Lipinski definition) is 1. The van der Waals surface area contributed by atoms with E-state index >= 15 is 0 Å². The van der Waals surface area contributed by atoms with Gasteiger partial charge in [0, 0.05) is 13.6 Å². The number of sulfonamides is 1. The lowest BCUT2D eigenvalue weighted by molar-refractivity contribution is 0.584. The van der Waals surface area contributed by atoms with Gasteiger partial charge in [-0.3, -0.25) is 0 Å². The summed E-state index contributed by atoms with van der Waals surface area (Å²) < 4.78 is 25.8. The van der Waals surface area contributed by atoms with Crippen LogP contribution in [0.4, 0.5) is 0 Å². The van der Waals surface area contributed by atoms with Crippen LogP contribution in [0.3, 0.4) is 0 Å². The Kier molecular flexibility index (Phi) is 5.17. The fraction of sp³-hybridized carbons (Fsp3) is 0. The number of rotatable bonds is 4. The van der Waals surface area contributed by atoms with E-state index in [1.54, 1.807) is 12.1 Å². The Morgan fingerprint density at radius 1 is 1.10 bits per heavy atom. The molecule has 20 heavy (non-hydrogen) atoms. The predicted octanol–water partition coefficient (Wildman–Crippen LogP) is 3.37. The molecule has 0 heterocycles. The van der Waals surface area contributed by atoms with Gasteiger partial charge in [0.1, 0.15) is 0 Å². The van der Waals surface area contributed by atoms with Crippen LogP contribution in [0.5, 0.6) is 0 Å². The van der Waals surface area contributed by atoms with Gasteiger partial charge in [-0.2, -0.15) is 13.5 Å². The van der Waals surface area contributed by atoms with Crippen molar-refractivity contribution in [3.63, 3.8) is 0 Å². The largest absolute Gasteiger partial charge is 0.276 e. The zero-order valence-corrected chi connectivity index (χ0v) is 14.7. The molecule has 4 nitrogen and oxygen atoms in total. The number of nitrogens with zero attached hydrogens (tertiary/aromatic N) is 1. The van der Waals surface area contributed by atoms with Crippen LogP contribution < -0.4 is 4.83 Å². The number of benzene rings is 2. The second-order valence-electron chi connectivity index (χ2n) is 3.83. The van der Waals surface area contributed by atoms with Crippen molar-refractivity contribution in [2.24, 2.45) is 5.10 Å². The monoisotopic (exact) mass is 464 g/mol. The summed E-state index contributed by atoms with van der Waals surface area (Å²) in [4.78, 5) is 2.36. The Morgan fingerprint density at radius 2 is 1.75 bits per heavy atom. The van der Waals surface area contributed by atoms with Crippen molar-refractivity contribution < 1.29 is 8.42 Å². The highest BCUT2D eigenvalue weighted by molar-refractivity contribution is 14.1. The van der Waals surface area contributed by atoms with Crippen LogP contribution in [0, 0.1) is 3.57 Å². The first kappa shape index (κ1) is 15.5. The summed E-state index contributed by atoms with van der Waals surface area (Å²) in [5.74, 6) is 0. The zero-order valence-electron chi connectivity index (χ0n) is 10.1. The molecule has 0 aliphatic rings. The van der Waals surface area contributed by atoms with Crippen molar-refractivity contribution in [3.05, 3.63) is 62.1 Å². The topological polar surface area (TPSA) is 58.5 Å². The van der Waals surface area contributed by atoms with Gasteiger partial charge in [0.25, 0.3) is 10.0 Å². The van der Waals surface area contributed by atoms with Crippen molar-refractivity contribution in [2.75, 3.05) is 0 Å². The summed E-state index contributed by atoms with van der Waals surface area (Å²) in [5, 5.41) is 3.79. The van der Waals surface area contributed by atoms with E-state index in [2.05, 4.69) is 48.5 Å². The van der Waals surface area contributed by atoms with Gasteiger partial charge in [-0.05, 0) is 52.9 Å². The van der Waals surface area contributed by atoms with Gasteiger partial charge in [0.15, 0.2) is 0 Å². The lowest BCUT2D eigenvalue weighted by Gasteiger charge is -2.03. The molecule has 2 aromatic carbocycles. The molecule has 7 heteroatoms. The van der Waals surface area contributed by atoms with E-state index < -0.39 is 10.0 Å². The molecule has 0 atom stereocenters. The highest BCUT2D eigenvalue weighted by atomic mass is 127. The molecule has 2 aromatic rings. The average Bonchev–Trinajstić information content (AvgIpc) is 2.41. The lowest BCUT2D eigenvalue weighted by atomic mass is 10.2. The summed E-state index contributed by atoms with van der Waals surface area (Å²) in [7, 11) is -3.63. The molecule has 1 N–H and O–H groups in total. The van der Waals surface area contributed by atoms with Gasteiger partial charge in [0.2, 0.25) is 0 Å². The van der Waals surface area contributed by atoms with E-state index in [1.165, 1.54) is 18.3 Å². The minimum Gasteiger partial charge on any atom is -0.200 e. The van der Waals surface area contributed by atoms with Crippen LogP contribution >= 0.6 is 38.5 Å². The Morgan fingerprint density at radius 3 is 2.40 bits per heavy atom. The van der Waals surface area contributed by atoms with E-state index in [4.69, 9.17) is 0 Å². The van der Waals surface area contributed by atoms with Gasteiger partial charge in [-0.15, -0.1) is 0 Å². The molecule has 0 aromatic heterocycles. The summed E-state index contributed by atoms with van der Waals surface area (Å²) in [5.41, 5.74) is 0.853. The van der Waals surface area contributed by atoms with Crippen LogP contribution in [0.25, 0.3) is 0 Å². The van der Waals surface area contributed by atoms with Gasteiger partial charge in [-0.1, -0.05) is 34.1 Å². The van der Waals surface area contributed by atoms with Crippen LogP contribution in [-0.2, 0) is 10.0 Å². The van der Waals surface area contributed by atoms with E-state index in [9.17, 15) is 8.42 Å². The molecule has 0 spiro atoms. The first-order valence-corrected chi connectivity index (χ1v) is 8.89. The first-order chi connectivity index (χ1) is 9.49. The third kappa shape index (κ3) is 4.03. The van der Waals surface area contributed by atoms with Crippen molar-refractivity contribution in [1.29, 1.82) is 0 Å². The average molecular weight is 465 g/mol. The smallest absolute Gasteiger partial charge is 0.200 e. The Bertz CT molecular complexity index is 730. The summed E-state index contributed by atoms with van der Waals surface area (Å²) in [6.07, 6.45) is 1.48. The predicted molar refractivity (Wildman–Crippen MR) is 91.2 cm³/mol. The second kappa shape index (κ2) is 6.68. The number of nitrogens with one attached hydrogen (secondary N) is 1. The lowest BCUT2D eigenvalue weighted by Crippen LogP contribution is -2.18. The Balaban J connectivity index is 2.14. The first-order valence-electron chi connectivity index (χ1n) is 5.54. The maximum atomic E-state index is 12.0. The third-order valence-corrected chi connectivity index (χ3v) is 5.16. The zero-order chi connectivity index (χ0) is 14.6. The van der Waals surface area contributed by atoms with Gasteiger partial charge < -0.3 is 0 Å². The molecule has 0 unspecified atom stereocenters. The number of halogens is 2. The standard InChI is InChI=1S/C13H10BrIN2O2S/c14-11-5-7-12(8-6-11)20(18,19)17-16-9-10-3-1-2-4-13(10)15/h1-9,17H/b16-9-. The van der Waals surface area contributed by atoms with Gasteiger partial charge in [0.05, 0.1) is 11.1 Å². The molecule has 0 radical (unpaired) electrons. The molecule has 104 valence electrons. The summed E-state index contributed by atoms with van der Waals surface area (Å²) in [6, 6.07) is 13.9. The SMILES string of the molecule is O=S(=O)(N/N=C\c1ccccc1I)c1ccc(Br)cc1. The second-order valence-corrected chi connectivity index (χ2v) is 7.57. The molecule has 0 saturated heterocycles. The quantitative estimate of drug-likeness (QED) is 0.428. The Hall–Kier alpha value is -0.930. The molecule has 0 aliphatic carbocycles. The normalized spacial score (nSPS) is 11.7. The van der Waals surface area contributed by atoms with Crippen LogP contribution in [0.1, 0.15) is 5.56 Å². The number of hydrazone groups is 1. The molecular weight excluding hydrogens is 455 g/mol.